The molecule has 6 aromatic rings. The molecule has 0 aliphatic carbocycles. The molecule has 0 saturated carbocycles. The standard InChI is InChI=1S/C33H34NO/c1-18-12-13-23-25-14-24-22-11-9-10-19(2)29(22)31-30(26(24)15-28(25)35-32(23)21(18)4)27(16-33(5,6)7)20(3)17-34(31)8/h9-15,17H,16H2,1-8H3/q+1/i3D3,4D3,16D2. The topological polar surface area (TPSA) is 17.0 Å². The minimum absolute atomic E-state index is 0.0401. The molecule has 0 fully saturated rings. The third-order valence-electron chi connectivity index (χ3n) is 6.99. The van der Waals surface area contributed by atoms with Gasteiger partial charge in [-0.2, -0.15) is 0 Å². The molecule has 6 rings (SSSR count). The molecule has 176 valence electrons. The number of aryl methyl sites for hydroxylation is 5. The normalized spacial score (nSPS) is 17.2. The SMILES string of the molecule is [2H]C([2H])([2H])c1c[n+](C)c2c3c(C)cccc3c3cc4c(cc3c2c1C([2H])([2H])C(C)(C)C)oc1c(C([2H])([2H])[2H])c(C)ccc14. The number of fused-ring (bicyclic) bond motifs is 9. The zero-order valence-corrected chi connectivity index (χ0v) is 21.0. The van der Waals surface area contributed by atoms with Gasteiger partial charge in [0.1, 0.15) is 18.2 Å². The fourth-order valence-corrected chi connectivity index (χ4v) is 5.44. The van der Waals surface area contributed by atoms with E-state index in [0.717, 1.165) is 32.6 Å². The lowest BCUT2D eigenvalue weighted by atomic mass is 9.82. The molecule has 0 unspecified atom stereocenters. The first-order valence-corrected chi connectivity index (χ1v) is 11.9. The second kappa shape index (κ2) is 7.31. The Morgan fingerprint density at radius 2 is 1.69 bits per heavy atom. The molecule has 2 heteroatoms. The maximum Gasteiger partial charge on any atom is 0.221 e. The molecule has 0 saturated heterocycles. The quantitative estimate of drug-likeness (QED) is 0.174. The van der Waals surface area contributed by atoms with Crippen LogP contribution in [-0.4, -0.2) is 0 Å². The molecule has 2 heterocycles. The Labute approximate surface area is 218 Å². The van der Waals surface area contributed by atoms with Crippen molar-refractivity contribution in [2.75, 3.05) is 0 Å². The number of hydrogen-bond acceptors (Lipinski definition) is 1. The average Bonchev–Trinajstić information content (AvgIpc) is 3.22. The Morgan fingerprint density at radius 1 is 0.857 bits per heavy atom. The molecule has 0 bridgehead atoms. The Hall–Kier alpha value is -3.39. The van der Waals surface area contributed by atoms with E-state index in [4.69, 9.17) is 12.6 Å². The summed E-state index contributed by atoms with van der Waals surface area (Å²) in [6, 6.07) is 13.5. The first-order chi connectivity index (χ1) is 19.7. The molecule has 0 aliphatic heterocycles. The monoisotopic (exact) mass is 468 g/mol. The second-order valence-corrected chi connectivity index (χ2v) is 10.8. The van der Waals surface area contributed by atoms with E-state index in [0.29, 0.717) is 32.9 Å². The Kier molecular flexibility index (Phi) is 3.11. The summed E-state index contributed by atoms with van der Waals surface area (Å²) in [5.74, 6) is 0. The second-order valence-electron chi connectivity index (χ2n) is 10.8. The third-order valence-corrected chi connectivity index (χ3v) is 6.99. The van der Waals surface area contributed by atoms with E-state index in [1.54, 1.807) is 51.6 Å². The van der Waals surface area contributed by atoms with E-state index in [1.807, 2.05) is 43.3 Å². The summed E-state index contributed by atoms with van der Waals surface area (Å²) in [5, 5.41) is 5.24. The first-order valence-electron chi connectivity index (χ1n) is 15.9. The molecule has 2 aromatic heterocycles. The number of nitrogens with zero attached hydrogens (tertiary/aromatic N) is 1. The van der Waals surface area contributed by atoms with Crippen molar-refractivity contribution in [2.45, 2.75) is 54.7 Å². The Balaban J connectivity index is 1.98. The maximum atomic E-state index is 9.42. The predicted octanol–water partition coefficient (Wildman–Crippen LogP) is 8.69. The molecule has 0 aliphatic rings. The van der Waals surface area contributed by atoms with Gasteiger partial charge in [0.2, 0.25) is 5.52 Å². The Bertz CT molecular complexity index is 2140. The van der Waals surface area contributed by atoms with Crippen LogP contribution in [0.4, 0.5) is 0 Å². The molecule has 35 heavy (non-hydrogen) atoms. The highest BCUT2D eigenvalue weighted by Crippen LogP contribution is 2.42. The maximum absolute atomic E-state index is 9.42. The van der Waals surface area contributed by atoms with Crippen LogP contribution in [0.25, 0.3) is 54.4 Å². The average molecular weight is 469 g/mol. The summed E-state index contributed by atoms with van der Waals surface area (Å²) < 4.78 is 77.0. The number of pyridine rings is 1. The van der Waals surface area contributed by atoms with Crippen molar-refractivity contribution in [1.82, 2.24) is 0 Å². The van der Waals surface area contributed by atoms with Gasteiger partial charge in [-0.25, -0.2) is 4.57 Å². The number of furan rings is 1. The lowest BCUT2D eigenvalue weighted by Crippen LogP contribution is -2.31. The van der Waals surface area contributed by atoms with Crippen molar-refractivity contribution in [3.8, 4) is 0 Å². The molecule has 0 atom stereocenters. The summed E-state index contributed by atoms with van der Waals surface area (Å²) in [6.07, 6.45) is -0.488. The summed E-state index contributed by atoms with van der Waals surface area (Å²) >= 11 is 0. The predicted molar refractivity (Wildman–Crippen MR) is 150 cm³/mol. The largest absolute Gasteiger partial charge is 0.456 e. The van der Waals surface area contributed by atoms with Crippen molar-refractivity contribution in [1.29, 1.82) is 0 Å². The van der Waals surface area contributed by atoms with Gasteiger partial charge in [0.25, 0.3) is 0 Å². The van der Waals surface area contributed by atoms with Gasteiger partial charge < -0.3 is 4.42 Å². The molecule has 2 nitrogen and oxygen atoms in total. The van der Waals surface area contributed by atoms with E-state index in [-0.39, 0.29) is 16.7 Å². The van der Waals surface area contributed by atoms with Crippen LogP contribution in [0.15, 0.2) is 53.1 Å². The van der Waals surface area contributed by atoms with Gasteiger partial charge in [0.15, 0.2) is 6.20 Å². The highest BCUT2D eigenvalue weighted by molar-refractivity contribution is 6.28. The molecular formula is C33H34NO+. The number of rotatable bonds is 1. The van der Waals surface area contributed by atoms with E-state index in [9.17, 15) is 2.74 Å². The molecule has 0 N–H and O–H groups in total. The Morgan fingerprint density at radius 3 is 2.43 bits per heavy atom. The smallest absolute Gasteiger partial charge is 0.221 e. The summed E-state index contributed by atoms with van der Waals surface area (Å²) in [7, 11) is 1.80. The van der Waals surface area contributed by atoms with Crippen LogP contribution in [0.1, 0.15) is 59.6 Å². The number of aromatic nitrogens is 1. The van der Waals surface area contributed by atoms with Crippen molar-refractivity contribution in [3.63, 3.8) is 0 Å². The van der Waals surface area contributed by atoms with Crippen LogP contribution in [0.5, 0.6) is 0 Å². The molecule has 0 radical (unpaired) electrons. The van der Waals surface area contributed by atoms with Gasteiger partial charge in [0.05, 0.1) is 10.8 Å². The van der Waals surface area contributed by atoms with Crippen molar-refractivity contribution in [2.24, 2.45) is 12.5 Å². The molecule has 4 aromatic carbocycles. The van der Waals surface area contributed by atoms with Crippen LogP contribution in [0.2, 0.25) is 0 Å². The highest BCUT2D eigenvalue weighted by Gasteiger charge is 2.25. The molecule has 0 spiro atoms. The fraction of sp³-hybridized carbons (Fsp3) is 0.303. The fourth-order valence-electron chi connectivity index (χ4n) is 5.44. The highest BCUT2D eigenvalue weighted by atomic mass is 16.3. The first kappa shape index (κ1) is 14.9. The van der Waals surface area contributed by atoms with Gasteiger partial charge in [0, 0.05) is 32.7 Å². The van der Waals surface area contributed by atoms with Crippen molar-refractivity contribution >= 4 is 54.4 Å². The van der Waals surface area contributed by atoms with E-state index >= 15 is 0 Å². The zero-order chi connectivity index (χ0) is 31.6. The minimum Gasteiger partial charge on any atom is -0.456 e. The van der Waals surface area contributed by atoms with Gasteiger partial charge in [-0.1, -0.05) is 51.1 Å². The van der Waals surface area contributed by atoms with Crippen LogP contribution in [-0.2, 0) is 13.4 Å². The van der Waals surface area contributed by atoms with Crippen LogP contribution >= 0.6 is 0 Å². The van der Waals surface area contributed by atoms with Crippen LogP contribution in [0, 0.1) is 33.0 Å². The van der Waals surface area contributed by atoms with Gasteiger partial charge in [-0.3, -0.25) is 0 Å². The van der Waals surface area contributed by atoms with E-state index < -0.39 is 25.5 Å². The van der Waals surface area contributed by atoms with Crippen molar-refractivity contribution in [3.05, 3.63) is 76.5 Å². The zero-order valence-electron chi connectivity index (χ0n) is 29.0. The van der Waals surface area contributed by atoms with Crippen LogP contribution in [0.3, 0.4) is 0 Å². The summed E-state index contributed by atoms with van der Waals surface area (Å²) in [6.45, 7) is 4.12. The summed E-state index contributed by atoms with van der Waals surface area (Å²) in [4.78, 5) is 0. The summed E-state index contributed by atoms with van der Waals surface area (Å²) in [5.41, 5.74) is 2.38. The molecular weight excluding hydrogens is 426 g/mol. The van der Waals surface area contributed by atoms with Crippen LogP contribution < -0.4 is 4.57 Å². The lowest BCUT2D eigenvalue weighted by Gasteiger charge is -2.22. The number of benzene rings is 4. The van der Waals surface area contributed by atoms with Gasteiger partial charge in [-0.15, -0.1) is 0 Å². The third kappa shape index (κ3) is 3.19. The van der Waals surface area contributed by atoms with Gasteiger partial charge in [-0.05, 0) is 84.5 Å². The van der Waals surface area contributed by atoms with E-state index in [1.165, 1.54) is 0 Å². The van der Waals surface area contributed by atoms with Crippen molar-refractivity contribution < 1.29 is 20.0 Å². The van der Waals surface area contributed by atoms with E-state index in [2.05, 4.69) is 0 Å². The molecule has 0 amide bonds. The lowest BCUT2D eigenvalue weighted by molar-refractivity contribution is -0.644. The van der Waals surface area contributed by atoms with Gasteiger partial charge >= 0.3 is 0 Å². The minimum atomic E-state index is -2.58. The number of hydrogen-bond donors (Lipinski definition) is 0.